The Morgan fingerprint density at radius 3 is 2.26 bits per heavy atom. The smallest absolute Gasteiger partial charge is 0.328 e. The van der Waals surface area contributed by atoms with Gasteiger partial charge in [0, 0.05) is 17.8 Å². The zero-order valence-corrected chi connectivity index (χ0v) is 35.9. The Balaban J connectivity index is 1.33. The Hall–Kier alpha value is -6.86. The van der Waals surface area contributed by atoms with Crippen LogP contribution in [0.4, 0.5) is 10.1 Å². The number of amides is 2. The molecule has 0 saturated heterocycles. The normalized spacial score (nSPS) is 11.9. The number of aromatic nitrogens is 2. The highest BCUT2D eigenvalue weighted by Gasteiger charge is 2.27. The molecule has 4 aromatic carbocycles. The van der Waals surface area contributed by atoms with Crippen molar-refractivity contribution in [3.63, 3.8) is 0 Å². The fraction of sp³-hybridized carbons (Fsp3) is 0.304. The van der Waals surface area contributed by atoms with Gasteiger partial charge in [0.1, 0.15) is 24.3 Å². The lowest BCUT2D eigenvalue weighted by Crippen LogP contribution is -2.42. The standard InChI is InChI=1S/C46H48FN5O9S/c1-7-22-51(27-34-25-37-40(24-30(34)2)48-31(3)52(43(37)55)29-61-45(57)46(4,5)6)35-20-21-36(38(47)26-35)42(54)49-39(44(56)60-28-32-15-10-8-11-16-32)19-14-23-62(58,59)50-41(53)33-17-12-9-13-18-33/h1,8-13,15-18,20-21,24-26,39H,14,19,22-23,27-29H2,2-6H3,(H,49,54)(H,50,53)/t39-/m0/s1. The third-order valence-electron chi connectivity index (χ3n) is 9.75. The molecule has 0 fully saturated rings. The maximum Gasteiger partial charge on any atom is 0.328 e. The third kappa shape index (κ3) is 12.1. The van der Waals surface area contributed by atoms with Crippen molar-refractivity contribution < 1.29 is 41.5 Å². The van der Waals surface area contributed by atoms with Crippen molar-refractivity contribution in [3.8, 4) is 12.3 Å². The molecule has 324 valence electrons. The number of benzene rings is 4. The van der Waals surface area contributed by atoms with Crippen LogP contribution >= 0.6 is 0 Å². The van der Waals surface area contributed by atoms with Crippen LogP contribution in [0.1, 0.15) is 76.8 Å². The minimum atomic E-state index is -4.14. The summed E-state index contributed by atoms with van der Waals surface area (Å²) in [5, 5.41) is 2.76. The molecule has 0 aliphatic heterocycles. The summed E-state index contributed by atoms with van der Waals surface area (Å²) in [6.45, 7) is 8.29. The number of ether oxygens (including phenoxy) is 2. The van der Waals surface area contributed by atoms with Crippen LogP contribution in [0, 0.1) is 37.4 Å². The lowest BCUT2D eigenvalue weighted by atomic mass is 9.98. The first-order valence-corrected chi connectivity index (χ1v) is 21.3. The van der Waals surface area contributed by atoms with Crippen LogP contribution in [0.15, 0.2) is 95.8 Å². The van der Waals surface area contributed by atoms with E-state index in [1.807, 2.05) is 11.6 Å². The van der Waals surface area contributed by atoms with Gasteiger partial charge in [0.2, 0.25) is 10.0 Å². The van der Waals surface area contributed by atoms with Crippen molar-refractivity contribution in [2.45, 2.75) is 73.4 Å². The molecular formula is C46H48FN5O9S. The summed E-state index contributed by atoms with van der Waals surface area (Å²) in [4.78, 5) is 71.6. The Morgan fingerprint density at radius 2 is 1.61 bits per heavy atom. The van der Waals surface area contributed by atoms with Crippen LogP contribution in [-0.2, 0) is 49.0 Å². The van der Waals surface area contributed by atoms with Crippen LogP contribution in [0.2, 0.25) is 0 Å². The van der Waals surface area contributed by atoms with E-state index in [9.17, 15) is 32.4 Å². The van der Waals surface area contributed by atoms with Crippen LogP contribution in [-0.4, -0.2) is 60.1 Å². The molecule has 1 atom stereocenters. The molecule has 62 heavy (non-hydrogen) atoms. The number of anilines is 1. The van der Waals surface area contributed by atoms with Crippen molar-refractivity contribution >= 4 is 50.4 Å². The Labute approximate surface area is 359 Å². The molecule has 5 aromatic rings. The molecule has 14 nitrogen and oxygen atoms in total. The average molecular weight is 866 g/mol. The van der Waals surface area contributed by atoms with Gasteiger partial charge in [0.25, 0.3) is 17.4 Å². The highest BCUT2D eigenvalue weighted by atomic mass is 32.2. The molecule has 2 N–H and O–H groups in total. The number of hydrogen-bond donors (Lipinski definition) is 2. The van der Waals surface area contributed by atoms with E-state index in [0.717, 1.165) is 11.6 Å². The molecule has 16 heteroatoms. The largest absolute Gasteiger partial charge is 0.459 e. The summed E-state index contributed by atoms with van der Waals surface area (Å²) in [6, 6.07) is 22.4. The topological polar surface area (TPSA) is 183 Å². The average Bonchev–Trinajstić information content (AvgIpc) is 3.22. The highest BCUT2D eigenvalue weighted by Crippen LogP contribution is 2.25. The van der Waals surface area contributed by atoms with Gasteiger partial charge in [0.05, 0.1) is 34.2 Å². The second-order valence-electron chi connectivity index (χ2n) is 15.6. The highest BCUT2D eigenvalue weighted by molar-refractivity contribution is 7.90. The second kappa shape index (κ2) is 20.1. The van der Waals surface area contributed by atoms with Gasteiger partial charge in [-0.05, 0) is 107 Å². The minimum Gasteiger partial charge on any atom is -0.459 e. The van der Waals surface area contributed by atoms with Gasteiger partial charge in [-0.25, -0.2) is 27.3 Å². The van der Waals surface area contributed by atoms with Crippen molar-refractivity contribution in [3.05, 3.63) is 141 Å². The zero-order valence-electron chi connectivity index (χ0n) is 35.1. The fourth-order valence-corrected chi connectivity index (χ4v) is 7.31. The Bertz CT molecular complexity index is 2680. The molecule has 1 aromatic heterocycles. The number of carbonyl (C=O) groups excluding carboxylic acids is 4. The molecule has 0 aliphatic carbocycles. The summed E-state index contributed by atoms with van der Waals surface area (Å²) < 4.78 is 55.5. The van der Waals surface area contributed by atoms with Gasteiger partial charge in [-0.3, -0.25) is 23.7 Å². The molecule has 5 rings (SSSR count). The van der Waals surface area contributed by atoms with E-state index in [1.165, 1.54) is 28.8 Å². The molecule has 0 aliphatic rings. The number of fused-ring (bicyclic) bond motifs is 1. The summed E-state index contributed by atoms with van der Waals surface area (Å²) in [6.07, 6.45) is 5.33. The van der Waals surface area contributed by atoms with E-state index in [0.29, 0.717) is 28.2 Å². The Kier molecular flexibility index (Phi) is 15.0. The van der Waals surface area contributed by atoms with Crippen LogP contribution in [0.25, 0.3) is 10.9 Å². The third-order valence-corrected chi connectivity index (χ3v) is 11.1. The number of nitrogens with zero attached hydrogens (tertiary/aromatic N) is 3. The second-order valence-corrected chi connectivity index (χ2v) is 17.4. The molecule has 0 saturated carbocycles. The molecule has 2 amide bonds. The maximum absolute atomic E-state index is 15.9. The van der Waals surface area contributed by atoms with Gasteiger partial charge in [-0.2, -0.15) is 0 Å². The van der Waals surface area contributed by atoms with E-state index >= 15 is 4.39 Å². The number of rotatable bonds is 17. The summed E-state index contributed by atoms with van der Waals surface area (Å²) in [5.74, 6) is -1.72. The monoisotopic (exact) mass is 865 g/mol. The molecule has 0 unspecified atom stereocenters. The predicted molar refractivity (Wildman–Crippen MR) is 232 cm³/mol. The lowest BCUT2D eigenvalue weighted by molar-refractivity contribution is -0.157. The number of terminal acetylenes is 1. The van der Waals surface area contributed by atoms with Crippen molar-refractivity contribution in [1.29, 1.82) is 0 Å². The van der Waals surface area contributed by atoms with Gasteiger partial charge < -0.3 is 19.7 Å². The van der Waals surface area contributed by atoms with Crippen molar-refractivity contribution in [2.75, 3.05) is 17.2 Å². The van der Waals surface area contributed by atoms with E-state index in [1.54, 1.807) is 93.3 Å². The number of halogens is 1. The first-order valence-electron chi connectivity index (χ1n) is 19.6. The lowest BCUT2D eigenvalue weighted by Gasteiger charge is -2.24. The van der Waals surface area contributed by atoms with Crippen LogP contribution < -0.4 is 20.5 Å². The molecule has 0 radical (unpaired) electrons. The zero-order chi connectivity index (χ0) is 45.2. The van der Waals surface area contributed by atoms with Crippen LogP contribution in [0.3, 0.4) is 0 Å². The van der Waals surface area contributed by atoms with Gasteiger partial charge >= 0.3 is 11.9 Å². The number of sulfonamides is 1. The van der Waals surface area contributed by atoms with E-state index in [-0.39, 0.29) is 50.2 Å². The number of carbonyl (C=O) groups is 4. The van der Waals surface area contributed by atoms with Crippen molar-refractivity contribution in [1.82, 2.24) is 19.6 Å². The van der Waals surface area contributed by atoms with Gasteiger partial charge in [-0.15, -0.1) is 6.42 Å². The first-order chi connectivity index (χ1) is 29.4. The molecular weight excluding hydrogens is 818 g/mol. The predicted octanol–water partition coefficient (Wildman–Crippen LogP) is 5.72. The van der Waals surface area contributed by atoms with E-state index in [2.05, 4.69) is 16.2 Å². The summed E-state index contributed by atoms with van der Waals surface area (Å²) in [5.41, 5.74) is 1.41. The van der Waals surface area contributed by atoms with E-state index in [4.69, 9.17) is 15.9 Å². The molecule has 0 bridgehead atoms. The maximum atomic E-state index is 15.9. The fourth-order valence-electron chi connectivity index (χ4n) is 6.26. The number of hydrogen-bond acceptors (Lipinski definition) is 11. The summed E-state index contributed by atoms with van der Waals surface area (Å²) in [7, 11) is -4.14. The first kappa shape index (κ1) is 46.2. The summed E-state index contributed by atoms with van der Waals surface area (Å²) >= 11 is 0. The number of nitrogens with one attached hydrogen (secondary N) is 2. The minimum absolute atomic E-state index is 0.0195. The quantitative estimate of drug-likeness (QED) is 0.0862. The SMILES string of the molecule is C#CCN(Cc1cc2c(=O)n(COC(=O)C(C)(C)C)c(C)nc2cc1C)c1ccc(C(=O)N[C@@H](CCCS(=O)(=O)NC(=O)c2ccccc2)C(=O)OCc2ccccc2)c(F)c1. The Morgan fingerprint density at radius 1 is 0.935 bits per heavy atom. The number of esters is 2. The van der Waals surface area contributed by atoms with Gasteiger partial charge in [0.15, 0.2) is 6.73 Å². The van der Waals surface area contributed by atoms with E-state index < -0.39 is 67.9 Å². The van der Waals surface area contributed by atoms with Gasteiger partial charge in [-0.1, -0.05) is 54.5 Å². The number of aryl methyl sites for hydroxylation is 2. The van der Waals surface area contributed by atoms with Crippen LogP contribution in [0.5, 0.6) is 0 Å². The van der Waals surface area contributed by atoms with Crippen molar-refractivity contribution in [2.24, 2.45) is 5.41 Å². The molecule has 1 heterocycles. The molecule has 0 spiro atoms.